The second kappa shape index (κ2) is 6.06. The van der Waals surface area contributed by atoms with Crippen molar-refractivity contribution in [3.05, 3.63) is 35.4 Å². The van der Waals surface area contributed by atoms with Crippen LogP contribution in [0.3, 0.4) is 0 Å². The quantitative estimate of drug-likeness (QED) is 0.831. The molecule has 1 aromatic rings. The van der Waals surface area contributed by atoms with Gasteiger partial charge in [0.05, 0.1) is 16.8 Å². The van der Waals surface area contributed by atoms with Crippen molar-refractivity contribution in [1.82, 2.24) is 5.32 Å². The summed E-state index contributed by atoms with van der Waals surface area (Å²) in [6, 6.07) is 7.42. The standard InChI is InChI=1S/C14H21NO4S2/c1-3-15-14-12-7-5-4-6-11(12)10-13(14)21(18,19)9-8-20(2,16)17/h4-7,13-15H,3,8-10H2,1-2H3. The van der Waals surface area contributed by atoms with E-state index in [2.05, 4.69) is 5.32 Å². The molecule has 7 heteroatoms. The maximum absolute atomic E-state index is 12.5. The van der Waals surface area contributed by atoms with E-state index < -0.39 is 24.9 Å². The van der Waals surface area contributed by atoms with E-state index in [9.17, 15) is 16.8 Å². The maximum atomic E-state index is 12.5. The summed E-state index contributed by atoms with van der Waals surface area (Å²) in [5.41, 5.74) is 2.03. The molecule has 2 rings (SSSR count). The molecule has 0 fully saturated rings. The van der Waals surface area contributed by atoms with Gasteiger partial charge < -0.3 is 5.32 Å². The Morgan fingerprint density at radius 2 is 1.81 bits per heavy atom. The average Bonchev–Trinajstić information content (AvgIpc) is 2.77. The molecule has 1 aliphatic carbocycles. The fourth-order valence-corrected chi connectivity index (χ4v) is 6.31. The first-order valence-corrected chi connectivity index (χ1v) is 10.7. The highest BCUT2D eigenvalue weighted by atomic mass is 32.2. The Bertz CT molecular complexity index is 710. The van der Waals surface area contributed by atoms with Gasteiger partial charge in [-0.1, -0.05) is 31.2 Å². The second-order valence-corrected chi connectivity index (χ2v) is 10.1. The Morgan fingerprint density at radius 1 is 1.14 bits per heavy atom. The number of sulfone groups is 2. The fourth-order valence-electron chi connectivity index (χ4n) is 2.77. The molecule has 0 aromatic heterocycles. The van der Waals surface area contributed by atoms with Crippen LogP contribution >= 0.6 is 0 Å². The van der Waals surface area contributed by atoms with E-state index in [4.69, 9.17) is 0 Å². The summed E-state index contributed by atoms with van der Waals surface area (Å²) in [7, 11) is -6.76. The molecule has 2 atom stereocenters. The van der Waals surface area contributed by atoms with E-state index >= 15 is 0 Å². The van der Waals surface area contributed by atoms with Crippen LogP contribution in [0, 0.1) is 0 Å². The highest BCUT2D eigenvalue weighted by Crippen LogP contribution is 2.35. The van der Waals surface area contributed by atoms with Crippen LogP contribution in [0.4, 0.5) is 0 Å². The molecule has 118 valence electrons. The lowest BCUT2D eigenvalue weighted by Crippen LogP contribution is -2.37. The SMILES string of the molecule is CCNC1c2ccccc2CC1S(=O)(=O)CCS(C)(=O)=O. The molecular weight excluding hydrogens is 310 g/mol. The molecule has 0 amide bonds. The molecule has 21 heavy (non-hydrogen) atoms. The predicted molar refractivity (Wildman–Crippen MR) is 83.8 cm³/mol. The Balaban J connectivity index is 2.27. The maximum Gasteiger partial charge on any atom is 0.156 e. The largest absolute Gasteiger partial charge is 0.309 e. The van der Waals surface area contributed by atoms with Gasteiger partial charge >= 0.3 is 0 Å². The van der Waals surface area contributed by atoms with Crippen molar-refractivity contribution in [1.29, 1.82) is 0 Å². The zero-order valence-electron chi connectivity index (χ0n) is 12.2. The summed E-state index contributed by atoms with van der Waals surface area (Å²) >= 11 is 0. The van der Waals surface area contributed by atoms with Crippen LogP contribution < -0.4 is 5.32 Å². The molecule has 0 saturated heterocycles. The molecular formula is C14H21NO4S2. The average molecular weight is 331 g/mol. The van der Waals surface area contributed by atoms with Crippen molar-refractivity contribution in [3.8, 4) is 0 Å². The van der Waals surface area contributed by atoms with Gasteiger partial charge in [0.2, 0.25) is 0 Å². The fraction of sp³-hybridized carbons (Fsp3) is 0.571. The van der Waals surface area contributed by atoms with Crippen LogP contribution in [-0.4, -0.2) is 46.4 Å². The van der Waals surface area contributed by atoms with Crippen LogP contribution in [-0.2, 0) is 26.1 Å². The summed E-state index contributed by atoms with van der Waals surface area (Å²) in [5, 5.41) is 2.64. The highest BCUT2D eigenvalue weighted by Gasteiger charge is 2.40. The van der Waals surface area contributed by atoms with Gasteiger partial charge in [0.25, 0.3) is 0 Å². The van der Waals surface area contributed by atoms with Crippen LogP contribution in [0.2, 0.25) is 0 Å². The van der Waals surface area contributed by atoms with Crippen LogP contribution in [0.25, 0.3) is 0 Å². The second-order valence-electron chi connectivity index (χ2n) is 5.47. The lowest BCUT2D eigenvalue weighted by Gasteiger charge is -2.21. The summed E-state index contributed by atoms with van der Waals surface area (Å²) in [5.74, 6) is -0.632. The lowest BCUT2D eigenvalue weighted by atomic mass is 10.1. The summed E-state index contributed by atoms with van der Waals surface area (Å²) in [4.78, 5) is 0. The van der Waals surface area contributed by atoms with Crippen molar-refractivity contribution in [2.24, 2.45) is 0 Å². The van der Waals surface area contributed by atoms with Gasteiger partial charge in [-0.3, -0.25) is 0 Å². The van der Waals surface area contributed by atoms with Gasteiger partial charge in [-0.25, -0.2) is 16.8 Å². The van der Waals surface area contributed by atoms with E-state index in [1.807, 2.05) is 31.2 Å². The predicted octanol–water partition coefficient (Wildman–Crippen LogP) is 0.721. The molecule has 1 N–H and O–H groups in total. The van der Waals surface area contributed by atoms with Gasteiger partial charge in [0.1, 0.15) is 9.84 Å². The Kier molecular flexibility index (Phi) is 4.75. The molecule has 0 spiro atoms. The van der Waals surface area contributed by atoms with Crippen molar-refractivity contribution >= 4 is 19.7 Å². The number of fused-ring (bicyclic) bond motifs is 1. The summed E-state index contributed by atoms with van der Waals surface area (Å²) in [6.07, 6.45) is 1.51. The van der Waals surface area contributed by atoms with Crippen molar-refractivity contribution in [2.75, 3.05) is 24.3 Å². The number of benzene rings is 1. The normalized spacial score (nSPS) is 22.2. The van der Waals surface area contributed by atoms with E-state index in [1.54, 1.807) is 0 Å². The number of hydrogen-bond donors (Lipinski definition) is 1. The van der Waals surface area contributed by atoms with Crippen molar-refractivity contribution in [3.63, 3.8) is 0 Å². The first-order chi connectivity index (χ1) is 9.74. The van der Waals surface area contributed by atoms with Crippen LogP contribution in [0.15, 0.2) is 24.3 Å². The Labute approximate surface area is 126 Å². The molecule has 0 radical (unpaired) electrons. The van der Waals surface area contributed by atoms with Crippen LogP contribution in [0.5, 0.6) is 0 Å². The topological polar surface area (TPSA) is 80.3 Å². The van der Waals surface area contributed by atoms with Crippen molar-refractivity contribution in [2.45, 2.75) is 24.6 Å². The van der Waals surface area contributed by atoms with Gasteiger partial charge in [-0.15, -0.1) is 0 Å². The third-order valence-electron chi connectivity index (χ3n) is 3.81. The van der Waals surface area contributed by atoms with Gasteiger partial charge in [-0.2, -0.15) is 0 Å². The molecule has 0 aliphatic heterocycles. The summed E-state index contributed by atoms with van der Waals surface area (Å²) in [6.45, 7) is 2.60. The zero-order valence-corrected chi connectivity index (χ0v) is 13.9. The Morgan fingerprint density at radius 3 is 2.43 bits per heavy atom. The molecule has 2 unspecified atom stereocenters. The highest BCUT2D eigenvalue weighted by molar-refractivity contribution is 7.95. The minimum atomic E-state index is -3.47. The smallest absolute Gasteiger partial charge is 0.156 e. The minimum absolute atomic E-state index is 0.254. The lowest BCUT2D eigenvalue weighted by molar-refractivity contribution is 0.517. The minimum Gasteiger partial charge on any atom is -0.309 e. The first kappa shape index (κ1) is 16.5. The summed E-state index contributed by atoms with van der Waals surface area (Å²) < 4.78 is 47.5. The number of hydrogen-bond acceptors (Lipinski definition) is 5. The van der Waals surface area contributed by atoms with Gasteiger partial charge in [-0.05, 0) is 24.1 Å². The zero-order chi connectivity index (χ0) is 15.7. The van der Waals surface area contributed by atoms with Crippen LogP contribution in [0.1, 0.15) is 24.1 Å². The molecule has 0 saturated carbocycles. The van der Waals surface area contributed by atoms with Gasteiger partial charge in [0.15, 0.2) is 9.84 Å². The van der Waals surface area contributed by atoms with E-state index in [0.717, 1.165) is 17.4 Å². The number of rotatable bonds is 6. The third-order valence-corrected chi connectivity index (χ3v) is 7.15. The number of nitrogens with one attached hydrogen (secondary N) is 1. The molecule has 1 aromatic carbocycles. The Hall–Kier alpha value is -0.920. The van der Waals surface area contributed by atoms with E-state index in [0.29, 0.717) is 13.0 Å². The molecule has 0 heterocycles. The third kappa shape index (κ3) is 3.84. The monoisotopic (exact) mass is 331 g/mol. The van der Waals surface area contributed by atoms with E-state index in [-0.39, 0.29) is 17.5 Å². The molecule has 0 bridgehead atoms. The first-order valence-electron chi connectivity index (χ1n) is 6.95. The van der Waals surface area contributed by atoms with Gasteiger partial charge in [0, 0.05) is 12.3 Å². The molecule has 1 aliphatic rings. The molecule has 5 nitrogen and oxygen atoms in total. The van der Waals surface area contributed by atoms with E-state index in [1.165, 1.54) is 0 Å². The van der Waals surface area contributed by atoms with Crippen molar-refractivity contribution < 1.29 is 16.8 Å².